The van der Waals surface area contributed by atoms with Crippen molar-refractivity contribution >= 4 is 11.6 Å². The molecule has 0 aliphatic rings. The number of carbonyl (C=O) groups is 1. The molecule has 0 radical (unpaired) electrons. The minimum absolute atomic E-state index is 0.00755. The zero-order valence-electron chi connectivity index (χ0n) is 9.96. The van der Waals surface area contributed by atoms with Crippen LogP contribution in [0.5, 0.6) is 0 Å². The maximum Gasteiger partial charge on any atom is 0.274 e. The van der Waals surface area contributed by atoms with Crippen LogP contribution in [0.3, 0.4) is 0 Å². The number of nitrogens with one attached hydrogen (secondary N) is 1. The molecular formula is C12H16N2O4. The molecular weight excluding hydrogens is 236 g/mol. The number of nitro benzene ring substituents is 1. The molecule has 0 atom stereocenters. The van der Waals surface area contributed by atoms with E-state index in [0.717, 1.165) is 0 Å². The van der Waals surface area contributed by atoms with E-state index in [1.165, 1.54) is 6.07 Å². The van der Waals surface area contributed by atoms with Gasteiger partial charge in [0.05, 0.1) is 4.92 Å². The van der Waals surface area contributed by atoms with E-state index >= 15 is 0 Å². The molecule has 0 aliphatic carbocycles. The van der Waals surface area contributed by atoms with Crippen molar-refractivity contribution in [3.63, 3.8) is 0 Å². The summed E-state index contributed by atoms with van der Waals surface area (Å²) in [5, 5.41) is 21.9. The van der Waals surface area contributed by atoms with Crippen LogP contribution in [0.15, 0.2) is 24.3 Å². The average Bonchev–Trinajstić information content (AvgIpc) is 2.37. The van der Waals surface area contributed by atoms with Crippen LogP contribution >= 0.6 is 0 Å². The highest BCUT2D eigenvalue weighted by molar-refractivity contribution is 5.75. The topological polar surface area (TPSA) is 92.5 Å². The van der Waals surface area contributed by atoms with Gasteiger partial charge in [-0.2, -0.15) is 0 Å². The summed E-state index contributed by atoms with van der Waals surface area (Å²) < 4.78 is 0. The number of para-hydroxylation sites is 1. The van der Waals surface area contributed by atoms with E-state index in [0.29, 0.717) is 24.8 Å². The molecule has 6 heteroatoms. The van der Waals surface area contributed by atoms with Gasteiger partial charge in [0, 0.05) is 31.2 Å². The minimum Gasteiger partial charge on any atom is -0.396 e. The third kappa shape index (κ3) is 4.50. The second-order valence-electron chi connectivity index (χ2n) is 3.84. The fraction of sp³-hybridized carbons (Fsp3) is 0.417. The Balaban J connectivity index is 2.48. The van der Waals surface area contributed by atoms with Crippen LogP contribution in [0, 0.1) is 10.1 Å². The van der Waals surface area contributed by atoms with Crippen LogP contribution in [0.25, 0.3) is 0 Å². The third-order valence-corrected chi connectivity index (χ3v) is 2.48. The monoisotopic (exact) mass is 252 g/mol. The van der Waals surface area contributed by atoms with Gasteiger partial charge in [0.2, 0.25) is 5.91 Å². The van der Waals surface area contributed by atoms with E-state index in [-0.39, 0.29) is 24.7 Å². The number of nitrogens with zero attached hydrogens (tertiary/aromatic N) is 1. The van der Waals surface area contributed by atoms with Gasteiger partial charge in [-0.1, -0.05) is 18.2 Å². The van der Waals surface area contributed by atoms with Crippen LogP contribution in [-0.4, -0.2) is 22.5 Å². The summed E-state index contributed by atoms with van der Waals surface area (Å²) in [4.78, 5) is 21.7. The highest BCUT2D eigenvalue weighted by atomic mass is 16.6. The molecule has 1 aromatic rings. The predicted octanol–water partition coefficient (Wildman–Crippen LogP) is 1.37. The van der Waals surface area contributed by atoms with Gasteiger partial charge in [0.15, 0.2) is 0 Å². The lowest BCUT2D eigenvalue weighted by atomic mass is 10.1. The number of aliphatic hydroxyl groups is 1. The predicted molar refractivity (Wildman–Crippen MR) is 65.9 cm³/mol. The number of benzene rings is 1. The lowest BCUT2D eigenvalue weighted by Gasteiger charge is -2.05. The first-order chi connectivity index (χ1) is 8.65. The van der Waals surface area contributed by atoms with E-state index in [1.54, 1.807) is 18.2 Å². The molecule has 1 amide bonds. The van der Waals surface area contributed by atoms with E-state index in [2.05, 4.69) is 5.32 Å². The number of amides is 1. The molecule has 0 unspecified atom stereocenters. The fourth-order valence-corrected chi connectivity index (χ4v) is 1.52. The third-order valence-electron chi connectivity index (χ3n) is 2.48. The Morgan fingerprint density at radius 1 is 1.33 bits per heavy atom. The van der Waals surface area contributed by atoms with Gasteiger partial charge < -0.3 is 10.4 Å². The zero-order chi connectivity index (χ0) is 13.4. The molecule has 0 spiro atoms. The largest absolute Gasteiger partial charge is 0.396 e. The SMILES string of the molecule is O=C(CCCCO)NCc1ccccc1[N+](=O)[O-]. The minimum atomic E-state index is -0.465. The number of nitro groups is 1. The van der Waals surface area contributed by atoms with Crippen molar-refractivity contribution in [1.29, 1.82) is 0 Å². The van der Waals surface area contributed by atoms with Gasteiger partial charge in [-0.25, -0.2) is 0 Å². The lowest BCUT2D eigenvalue weighted by Crippen LogP contribution is -2.22. The van der Waals surface area contributed by atoms with Gasteiger partial charge in [-0.15, -0.1) is 0 Å². The molecule has 18 heavy (non-hydrogen) atoms. The molecule has 0 heterocycles. The number of aliphatic hydroxyl groups excluding tert-OH is 1. The molecule has 0 aliphatic heterocycles. The van der Waals surface area contributed by atoms with Gasteiger partial charge in [0.1, 0.15) is 0 Å². The van der Waals surface area contributed by atoms with Crippen molar-refractivity contribution in [3.05, 3.63) is 39.9 Å². The highest BCUT2D eigenvalue weighted by Crippen LogP contribution is 2.17. The van der Waals surface area contributed by atoms with E-state index < -0.39 is 4.92 Å². The summed E-state index contributed by atoms with van der Waals surface area (Å²) in [6.45, 7) is 0.215. The molecule has 0 fully saturated rings. The van der Waals surface area contributed by atoms with Crippen molar-refractivity contribution in [2.45, 2.75) is 25.8 Å². The maximum atomic E-state index is 11.4. The summed E-state index contributed by atoms with van der Waals surface area (Å²) in [5.74, 6) is -0.165. The number of rotatable bonds is 7. The quantitative estimate of drug-likeness (QED) is 0.435. The van der Waals surface area contributed by atoms with Crippen molar-refractivity contribution in [2.75, 3.05) is 6.61 Å². The summed E-state index contributed by atoms with van der Waals surface area (Å²) in [5.41, 5.74) is 0.492. The zero-order valence-corrected chi connectivity index (χ0v) is 9.96. The van der Waals surface area contributed by atoms with Crippen molar-refractivity contribution in [2.24, 2.45) is 0 Å². The molecule has 0 saturated heterocycles. The Morgan fingerprint density at radius 2 is 2.06 bits per heavy atom. The van der Waals surface area contributed by atoms with Crippen LogP contribution in [0.4, 0.5) is 5.69 Å². The normalized spacial score (nSPS) is 10.1. The summed E-state index contributed by atoms with van der Waals surface area (Å²) in [6, 6.07) is 6.31. The van der Waals surface area contributed by atoms with Crippen molar-refractivity contribution in [3.8, 4) is 0 Å². The number of hydrogen-bond donors (Lipinski definition) is 2. The Morgan fingerprint density at radius 3 is 2.72 bits per heavy atom. The summed E-state index contributed by atoms with van der Waals surface area (Å²) in [7, 11) is 0. The van der Waals surface area contributed by atoms with Gasteiger partial charge in [-0.05, 0) is 12.8 Å². The Labute approximate surface area is 105 Å². The first-order valence-electron chi connectivity index (χ1n) is 5.75. The molecule has 6 nitrogen and oxygen atoms in total. The number of carbonyl (C=O) groups excluding carboxylic acids is 1. The van der Waals surface area contributed by atoms with E-state index in [1.807, 2.05) is 0 Å². The van der Waals surface area contributed by atoms with Crippen LogP contribution in [0.1, 0.15) is 24.8 Å². The number of hydrogen-bond acceptors (Lipinski definition) is 4. The van der Waals surface area contributed by atoms with E-state index in [4.69, 9.17) is 5.11 Å². The second-order valence-corrected chi connectivity index (χ2v) is 3.84. The Bertz CT molecular complexity index is 420. The molecule has 2 N–H and O–H groups in total. The standard InChI is InChI=1S/C12H16N2O4/c15-8-4-3-7-12(16)13-9-10-5-1-2-6-11(10)14(17)18/h1-2,5-6,15H,3-4,7-9H2,(H,13,16). The lowest BCUT2D eigenvalue weighted by molar-refractivity contribution is -0.385. The fourth-order valence-electron chi connectivity index (χ4n) is 1.52. The molecule has 0 aromatic heterocycles. The molecule has 98 valence electrons. The molecule has 1 rings (SSSR count). The van der Waals surface area contributed by atoms with Gasteiger partial charge in [-0.3, -0.25) is 14.9 Å². The Kier molecular flexibility index (Phi) is 5.79. The maximum absolute atomic E-state index is 11.4. The van der Waals surface area contributed by atoms with Gasteiger partial charge >= 0.3 is 0 Å². The van der Waals surface area contributed by atoms with Gasteiger partial charge in [0.25, 0.3) is 5.69 Å². The average molecular weight is 252 g/mol. The van der Waals surface area contributed by atoms with Crippen molar-refractivity contribution < 1.29 is 14.8 Å². The second kappa shape index (κ2) is 7.39. The Hall–Kier alpha value is -1.95. The smallest absolute Gasteiger partial charge is 0.274 e. The van der Waals surface area contributed by atoms with Crippen LogP contribution in [-0.2, 0) is 11.3 Å². The molecule has 0 bridgehead atoms. The number of unbranched alkanes of at least 4 members (excludes halogenated alkanes) is 1. The van der Waals surface area contributed by atoms with Crippen LogP contribution < -0.4 is 5.32 Å². The summed E-state index contributed by atoms with van der Waals surface area (Å²) >= 11 is 0. The first kappa shape index (κ1) is 14.1. The summed E-state index contributed by atoms with van der Waals surface area (Å²) in [6.07, 6.45) is 1.51. The molecule has 0 saturated carbocycles. The first-order valence-corrected chi connectivity index (χ1v) is 5.75. The van der Waals surface area contributed by atoms with Crippen molar-refractivity contribution in [1.82, 2.24) is 5.32 Å². The highest BCUT2D eigenvalue weighted by Gasteiger charge is 2.12. The molecule has 1 aromatic carbocycles. The van der Waals surface area contributed by atoms with E-state index in [9.17, 15) is 14.9 Å². The van der Waals surface area contributed by atoms with Crippen LogP contribution in [0.2, 0.25) is 0 Å².